The fraction of sp³-hybridized carbons (Fsp3) is 0.833. The van der Waals surface area contributed by atoms with E-state index in [2.05, 4.69) is 6.92 Å². The molecule has 2 fully saturated rings. The third kappa shape index (κ3) is 0.184. The zero-order valence-corrected chi connectivity index (χ0v) is 3.91. The van der Waals surface area contributed by atoms with E-state index in [1.807, 2.05) is 0 Å². The van der Waals surface area contributed by atoms with Gasteiger partial charge in [0.15, 0.2) is 0 Å². The quantitative estimate of drug-likeness (QED) is 0.415. The summed E-state index contributed by atoms with van der Waals surface area (Å²) in [4.78, 5) is 0. The first kappa shape index (κ1) is 3.06. The maximum atomic E-state index is 3.97. The highest BCUT2D eigenvalue weighted by Gasteiger charge is 2.59. The normalized spacial score (nSPS) is 46.5. The Morgan fingerprint density at radius 3 is 2.00 bits per heavy atom. The van der Waals surface area contributed by atoms with Gasteiger partial charge in [-0.15, -0.1) is 0 Å². The van der Waals surface area contributed by atoms with E-state index >= 15 is 0 Å². The van der Waals surface area contributed by atoms with Crippen LogP contribution in [0.2, 0.25) is 0 Å². The SMILES string of the molecule is [CH2]C1CC12CC2. The zero-order chi connectivity index (χ0) is 4.20. The Bertz CT molecular complexity index is 80.0. The number of hydrogen-bond donors (Lipinski definition) is 0. The molecule has 0 aromatic heterocycles. The topological polar surface area (TPSA) is 0 Å². The summed E-state index contributed by atoms with van der Waals surface area (Å²) in [6, 6.07) is 0. The highest BCUT2D eigenvalue weighted by Crippen LogP contribution is 2.70. The first-order chi connectivity index (χ1) is 2.83. The van der Waals surface area contributed by atoms with Gasteiger partial charge in [0.25, 0.3) is 0 Å². The van der Waals surface area contributed by atoms with Crippen molar-refractivity contribution >= 4 is 0 Å². The van der Waals surface area contributed by atoms with Crippen molar-refractivity contribution < 1.29 is 0 Å². The largest absolute Gasteiger partial charge is 0.0496 e. The van der Waals surface area contributed by atoms with Gasteiger partial charge in [-0.05, 0) is 37.5 Å². The van der Waals surface area contributed by atoms with Crippen molar-refractivity contribution in [1.29, 1.82) is 0 Å². The second-order valence-electron chi connectivity index (χ2n) is 2.76. The molecular formula is C6H9. The molecule has 2 saturated carbocycles. The molecule has 0 heteroatoms. The third-order valence-corrected chi connectivity index (χ3v) is 2.25. The lowest BCUT2D eigenvalue weighted by Crippen LogP contribution is -1.65. The molecule has 0 aromatic carbocycles. The van der Waals surface area contributed by atoms with Crippen LogP contribution < -0.4 is 0 Å². The summed E-state index contributed by atoms with van der Waals surface area (Å²) in [5.74, 6) is 0.859. The van der Waals surface area contributed by atoms with Crippen LogP contribution in [-0.4, -0.2) is 0 Å². The molecule has 33 valence electrons. The average molecular weight is 81.1 g/mol. The summed E-state index contributed by atoms with van der Waals surface area (Å²) < 4.78 is 0. The van der Waals surface area contributed by atoms with Crippen molar-refractivity contribution in [2.45, 2.75) is 19.3 Å². The van der Waals surface area contributed by atoms with Gasteiger partial charge in [-0.3, -0.25) is 0 Å². The van der Waals surface area contributed by atoms with Crippen LogP contribution in [0, 0.1) is 18.3 Å². The molecule has 1 unspecified atom stereocenters. The fourth-order valence-corrected chi connectivity index (χ4v) is 1.20. The van der Waals surface area contributed by atoms with E-state index in [-0.39, 0.29) is 0 Å². The Kier molecular flexibility index (Phi) is 0.283. The van der Waals surface area contributed by atoms with Gasteiger partial charge in [0.1, 0.15) is 0 Å². The van der Waals surface area contributed by atoms with Gasteiger partial charge in [-0.2, -0.15) is 0 Å². The molecule has 2 rings (SSSR count). The van der Waals surface area contributed by atoms with Crippen LogP contribution in [0.1, 0.15) is 19.3 Å². The molecular weight excluding hydrogens is 72.1 g/mol. The maximum absolute atomic E-state index is 3.97. The fourth-order valence-electron chi connectivity index (χ4n) is 1.20. The first-order valence-corrected chi connectivity index (χ1v) is 2.67. The molecule has 0 nitrogen and oxygen atoms in total. The average Bonchev–Trinajstić information content (AvgIpc) is 2.25. The van der Waals surface area contributed by atoms with E-state index in [4.69, 9.17) is 0 Å². The second-order valence-corrected chi connectivity index (χ2v) is 2.76. The summed E-state index contributed by atoms with van der Waals surface area (Å²) in [7, 11) is 0. The number of rotatable bonds is 0. The Hall–Kier alpha value is 0. The molecule has 2 aliphatic carbocycles. The molecule has 0 N–H and O–H groups in total. The lowest BCUT2D eigenvalue weighted by molar-refractivity contribution is 0.822. The van der Waals surface area contributed by atoms with Gasteiger partial charge in [0, 0.05) is 0 Å². The minimum absolute atomic E-state index is 0.847. The van der Waals surface area contributed by atoms with Gasteiger partial charge in [-0.1, -0.05) is 0 Å². The van der Waals surface area contributed by atoms with Gasteiger partial charge in [0.2, 0.25) is 0 Å². The van der Waals surface area contributed by atoms with Crippen molar-refractivity contribution in [3.05, 3.63) is 6.92 Å². The van der Waals surface area contributed by atoms with Gasteiger partial charge in [-0.25, -0.2) is 0 Å². The van der Waals surface area contributed by atoms with Crippen LogP contribution in [0.5, 0.6) is 0 Å². The summed E-state index contributed by atoms with van der Waals surface area (Å²) in [6.07, 6.45) is 4.41. The van der Waals surface area contributed by atoms with E-state index in [1.54, 1.807) is 0 Å². The molecule has 0 saturated heterocycles. The van der Waals surface area contributed by atoms with Crippen LogP contribution in [0.4, 0.5) is 0 Å². The molecule has 1 atom stereocenters. The third-order valence-electron chi connectivity index (χ3n) is 2.25. The van der Waals surface area contributed by atoms with Crippen molar-refractivity contribution in [3.8, 4) is 0 Å². The second kappa shape index (κ2) is 0.556. The smallest absolute Gasteiger partial charge is 0.0266 e. The van der Waals surface area contributed by atoms with Crippen molar-refractivity contribution in [2.24, 2.45) is 11.3 Å². The number of hydrogen-bond acceptors (Lipinski definition) is 0. The van der Waals surface area contributed by atoms with E-state index < -0.39 is 0 Å². The van der Waals surface area contributed by atoms with Crippen molar-refractivity contribution in [3.63, 3.8) is 0 Å². The summed E-state index contributed by atoms with van der Waals surface area (Å²) >= 11 is 0. The summed E-state index contributed by atoms with van der Waals surface area (Å²) in [6.45, 7) is 3.97. The summed E-state index contributed by atoms with van der Waals surface area (Å²) in [5, 5.41) is 0. The lowest BCUT2D eigenvalue weighted by Gasteiger charge is -1.71. The maximum Gasteiger partial charge on any atom is -0.0266 e. The molecule has 0 heterocycles. The van der Waals surface area contributed by atoms with E-state index in [9.17, 15) is 0 Å². The Labute approximate surface area is 38.6 Å². The molecule has 0 aromatic rings. The Morgan fingerprint density at radius 2 is 2.00 bits per heavy atom. The molecule has 0 bridgehead atoms. The van der Waals surface area contributed by atoms with Crippen LogP contribution in [0.15, 0.2) is 0 Å². The monoisotopic (exact) mass is 81.1 g/mol. The van der Waals surface area contributed by atoms with E-state index in [0.29, 0.717) is 0 Å². The summed E-state index contributed by atoms with van der Waals surface area (Å²) in [5.41, 5.74) is 0.847. The molecule has 1 spiro atoms. The predicted molar refractivity (Wildman–Crippen MR) is 25.1 cm³/mol. The van der Waals surface area contributed by atoms with E-state index in [0.717, 1.165) is 11.3 Å². The molecule has 6 heavy (non-hydrogen) atoms. The highest BCUT2D eigenvalue weighted by atomic mass is 14.6. The molecule has 0 aliphatic heterocycles. The van der Waals surface area contributed by atoms with Crippen LogP contribution in [0.3, 0.4) is 0 Å². The first-order valence-electron chi connectivity index (χ1n) is 2.67. The molecule has 2 aliphatic rings. The van der Waals surface area contributed by atoms with Gasteiger partial charge >= 0.3 is 0 Å². The van der Waals surface area contributed by atoms with Crippen molar-refractivity contribution in [2.75, 3.05) is 0 Å². The predicted octanol–water partition coefficient (Wildman–Crippen LogP) is 1.62. The zero-order valence-electron chi connectivity index (χ0n) is 3.91. The lowest BCUT2D eigenvalue weighted by atomic mass is 10.3. The molecule has 0 amide bonds. The van der Waals surface area contributed by atoms with Crippen LogP contribution in [-0.2, 0) is 0 Å². The van der Waals surface area contributed by atoms with Crippen molar-refractivity contribution in [1.82, 2.24) is 0 Å². The van der Waals surface area contributed by atoms with Crippen LogP contribution >= 0.6 is 0 Å². The Morgan fingerprint density at radius 1 is 1.50 bits per heavy atom. The minimum atomic E-state index is 0.847. The van der Waals surface area contributed by atoms with Gasteiger partial charge < -0.3 is 0 Å². The Balaban J connectivity index is 2.17. The standard InChI is InChI=1S/C6H9/c1-5-4-6(5)2-3-6/h5H,1-4H2. The highest BCUT2D eigenvalue weighted by molar-refractivity contribution is 5.13. The van der Waals surface area contributed by atoms with Gasteiger partial charge in [0.05, 0.1) is 0 Å². The minimum Gasteiger partial charge on any atom is -0.0496 e. The molecule has 1 radical (unpaired) electrons. The van der Waals surface area contributed by atoms with Crippen LogP contribution in [0.25, 0.3) is 0 Å². The van der Waals surface area contributed by atoms with E-state index in [1.165, 1.54) is 19.3 Å².